The number of hydrogen-bond acceptors (Lipinski definition) is 8. The van der Waals surface area contributed by atoms with Gasteiger partial charge in [0.25, 0.3) is 0 Å². The van der Waals surface area contributed by atoms with Gasteiger partial charge in [-0.25, -0.2) is 18.9 Å². The molecule has 0 aliphatic rings. The van der Waals surface area contributed by atoms with Gasteiger partial charge in [0.1, 0.15) is 5.75 Å². The van der Waals surface area contributed by atoms with Crippen LogP contribution in [0, 0.1) is 23.7 Å². The summed E-state index contributed by atoms with van der Waals surface area (Å²) in [4.78, 5) is 36.3. The third kappa shape index (κ3) is 24.6. The number of rotatable bonds is 26. The molecule has 0 saturated carbocycles. The normalized spacial score (nSPS) is 11.1. The summed E-state index contributed by atoms with van der Waals surface area (Å²) in [5.41, 5.74) is 0.844. The molecular weight excluding hydrogens is 802 g/mol. The lowest BCUT2D eigenvalue weighted by Gasteiger charge is -2.37. The summed E-state index contributed by atoms with van der Waals surface area (Å²) in [6.07, 6.45) is 7.38. The van der Waals surface area contributed by atoms with Crippen LogP contribution in [0.1, 0.15) is 159 Å². The Bertz CT molecular complexity index is 1390. The predicted molar refractivity (Wildman–Crippen MR) is 259 cm³/mol. The van der Waals surface area contributed by atoms with Gasteiger partial charge in [0.05, 0.1) is 19.8 Å². The van der Waals surface area contributed by atoms with Crippen LogP contribution in [0.5, 0.6) is 5.75 Å². The minimum atomic E-state index is -2.85. The molecule has 0 atom stereocenters. The average Bonchev–Trinajstić information content (AvgIpc) is 3.30. The van der Waals surface area contributed by atoms with Crippen molar-refractivity contribution in [1.29, 1.82) is 0 Å². The molecule has 2 aromatic carbocycles. The molecule has 11 nitrogen and oxygen atoms in total. The quantitative estimate of drug-likeness (QED) is 0.0391. The molecule has 62 heavy (non-hydrogen) atoms. The van der Waals surface area contributed by atoms with Crippen LogP contribution in [0.4, 0.5) is 9.59 Å². The van der Waals surface area contributed by atoms with Gasteiger partial charge in [-0.1, -0.05) is 170 Å². The van der Waals surface area contributed by atoms with Gasteiger partial charge in [0, 0.05) is 50.7 Å². The highest BCUT2D eigenvalue weighted by Crippen LogP contribution is 2.54. The predicted octanol–water partition coefficient (Wildman–Crippen LogP) is 14.1. The second-order valence-electron chi connectivity index (χ2n) is 15.1. The van der Waals surface area contributed by atoms with Crippen molar-refractivity contribution >= 4 is 25.7 Å². The topological polar surface area (TPSA) is 115 Å². The number of Topliss-reactive ketones (excluding diaryl/α,β-unsaturated/α-hetero) is 1. The molecule has 0 unspecified atom stereocenters. The van der Waals surface area contributed by atoms with E-state index in [9.17, 15) is 18.9 Å². The SMILES string of the molecule is CCC(CC)C(=O)c1ccccc1.CCC(CC)COC(=O)N(CC)CC.CCC(CC)COC(=O)Oc1ccccc1.CCC(CC)COP(=O)(N(CC)CC)N(CC)CC. The Morgan fingerprint density at radius 1 is 0.500 bits per heavy atom. The molecule has 0 heterocycles. The van der Waals surface area contributed by atoms with E-state index in [1.54, 1.807) is 17.0 Å². The Labute approximate surface area is 379 Å². The van der Waals surface area contributed by atoms with Crippen molar-refractivity contribution in [3.05, 3.63) is 66.2 Å². The van der Waals surface area contributed by atoms with Crippen LogP contribution >= 0.6 is 7.67 Å². The van der Waals surface area contributed by atoms with Crippen LogP contribution < -0.4 is 4.74 Å². The van der Waals surface area contributed by atoms with Crippen LogP contribution in [0.15, 0.2) is 60.7 Å². The van der Waals surface area contributed by atoms with Gasteiger partial charge in [-0.3, -0.25) is 9.36 Å². The number of benzene rings is 2. The van der Waals surface area contributed by atoms with Gasteiger partial charge in [0.15, 0.2) is 5.78 Å². The van der Waals surface area contributed by atoms with E-state index in [-0.39, 0.29) is 17.8 Å². The highest BCUT2D eigenvalue weighted by atomic mass is 31.2. The van der Waals surface area contributed by atoms with Gasteiger partial charge < -0.3 is 23.6 Å². The highest BCUT2D eigenvalue weighted by Gasteiger charge is 2.36. The first kappa shape index (κ1) is 60.8. The summed E-state index contributed by atoms with van der Waals surface area (Å²) >= 11 is 0. The summed E-state index contributed by atoms with van der Waals surface area (Å²) in [7, 11) is -2.85. The van der Waals surface area contributed by atoms with Crippen molar-refractivity contribution < 1.29 is 37.7 Å². The van der Waals surface area contributed by atoms with E-state index in [0.717, 1.165) is 96.2 Å². The third-order valence-corrected chi connectivity index (χ3v) is 14.4. The number of ether oxygens (including phenoxy) is 3. The van der Waals surface area contributed by atoms with E-state index in [4.69, 9.17) is 18.7 Å². The van der Waals surface area contributed by atoms with E-state index in [1.165, 1.54) is 0 Å². The number of amides is 1. The molecule has 2 rings (SSSR count). The van der Waals surface area contributed by atoms with E-state index >= 15 is 0 Å². The fraction of sp³-hybridized carbons (Fsp3) is 0.700. The third-order valence-electron chi connectivity index (χ3n) is 11.4. The van der Waals surface area contributed by atoms with Crippen molar-refractivity contribution in [2.75, 3.05) is 59.1 Å². The van der Waals surface area contributed by atoms with E-state index in [2.05, 4.69) is 55.4 Å². The van der Waals surface area contributed by atoms with E-state index < -0.39 is 13.8 Å². The van der Waals surface area contributed by atoms with Crippen molar-refractivity contribution in [2.45, 2.75) is 148 Å². The minimum Gasteiger partial charge on any atom is -0.449 e. The van der Waals surface area contributed by atoms with Crippen LogP contribution in [-0.4, -0.2) is 91.4 Å². The first-order chi connectivity index (χ1) is 29.8. The molecule has 358 valence electrons. The maximum Gasteiger partial charge on any atom is 0.513 e. The average molecular weight is 892 g/mol. The van der Waals surface area contributed by atoms with E-state index in [0.29, 0.717) is 43.3 Å². The summed E-state index contributed by atoms with van der Waals surface area (Å²) in [6.45, 7) is 35.0. The Hall–Kier alpha value is -3.24. The lowest BCUT2D eigenvalue weighted by Crippen LogP contribution is -2.33. The smallest absolute Gasteiger partial charge is 0.449 e. The Morgan fingerprint density at radius 2 is 0.887 bits per heavy atom. The second kappa shape index (κ2) is 38.2. The minimum absolute atomic E-state index is 0.179. The molecule has 0 saturated heterocycles. The van der Waals surface area contributed by atoms with Crippen LogP contribution in [0.2, 0.25) is 0 Å². The molecule has 0 aliphatic heterocycles. The maximum absolute atomic E-state index is 13.3. The van der Waals surface area contributed by atoms with Crippen LogP contribution in [0.3, 0.4) is 0 Å². The Balaban J connectivity index is 0. The first-order valence-corrected chi connectivity index (χ1v) is 25.5. The molecule has 0 N–H and O–H groups in total. The molecular formula is C50H90N3O8P. The lowest BCUT2D eigenvalue weighted by atomic mass is 9.93. The standard InChI is InChI=1S/C14H33N2O2P.C13H18O3.C12H16O.C11H23NO2/c1-7-14(8-2)13-18-19(17,15(9-3)10-4)16(11-5)12-6;1-3-11(4-2)10-15-13(14)16-12-8-6-5-7-9-12;1-3-10(4-2)12(13)11-8-6-5-7-9-11;1-5-10(6-2)9-14-11(13)12(7-3)8-4/h14H,7-13H2,1-6H3;5-9,11H,3-4,10H2,1-2H3;5-10H,3-4H2,1-2H3;10H,5-9H2,1-4H3. The monoisotopic (exact) mass is 892 g/mol. The van der Waals surface area contributed by atoms with E-state index in [1.807, 2.05) is 99.4 Å². The number of ketones is 1. The Morgan fingerprint density at radius 3 is 1.26 bits per heavy atom. The van der Waals surface area contributed by atoms with Crippen molar-refractivity contribution in [2.24, 2.45) is 23.7 Å². The molecule has 0 aromatic heterocycles. The van der Waals surface area contributed by atoms with Crippen LogP contribution in [0.25, 0.3) is 0 Å². The fourth-order valence-electron chi connectivity index (χ4n) is 6.34. The second-order valence-corrected chi connectivity index (χ2v) is 17.5. The lowest BCUT2D eigenvalue weighted by molar-refractivity contribution is 0.0822. The molecule has 0 radical (unpaired) electrons. The largest absolute Gasteiger partial charge is 0.513 e. The maximum atomic E-state index is 13.3. The van der Waals surface area contributed by atoms with Crippen molar-refractivity contribution in [3.63, 3.8) is 0 Å². The van der Waals surface area contributed by atoms with Crippen LogP contribution in [-0.2, 0) is 18.6 Å². The number of para-hydroxylation sites is 1. The molecule has 0 bridgehead atoms. The van der Waals surface area contributed by atoms with Crippen molar-refractivity contribution in [3.8, 4) is 5.75 Å². The molecule has 12 heteroatoms. The Kier molecular flexibility index (Phi) is 37.5. The number of hydrogen-bond donors (Lipinski definition) is 0. The van der Waals surface area contributed by atoms with Gasteiger partial charge in [0.2, 0.25) is 0 Å². The molecule has 0 spiro atoms. The zero-order valence-corrected chi connectivity index (χ0v) is 42.6. The number of carbonyl (C=O) groups is 3. The summed E-state index contributed by atoms with van der Waals surface area (Å²) in [6, 6.07) is 18.5. The van der Waals surface area contributed by atoms with Gasteiger partial charge in [-0.05, 0) is 56.6 Å². The van der Waals surface area contributed by atoms with Gasteiger partial charge >= 0.3 is 19.9 Å². The molecule has 1 amide bonds. The van der Waals surface area contributed by atoms with Crippen molar-refractivity contribution in [1.82, 2.24) is 14.2 Å². The number of carbonyl (C=O) groups excluding carboxylic acids is 3. The fourth-order valence-corrected chi connectivity index (χ4v) is 8.86. The van der Waals surface area contributed by atoms with Gasteiger partial charge in [-0.15, -0.1) is 0 Å². The molecule has 2 aromatic rings. The highest BCUT2D eigenvalue weighted by molar-refractivity contribution is 7.53. The molecule has 0 fully saturated rings. The summed E-state index contributed by atoms with van der Waals surface area (Å²) < 4.78 is 38.5. The van der Waals surface area contributed by atoms with Gasteiger partial charge in [-0.2, -0.15) is 0 Å². The first-order valence-electron chi connectivity index (χ1n) is 23.9. The zero-order chi connectivity index (χ0) is 47.3. The molecule has 0 aliphatic carbocycles. The zero-order valence-electron chi connectivity index (χ0n) is 41.7. The summed E-state index contributed by atoms with van der Waals surface area (Å²) in [5.74, 6) is 2.42. The number of nitrogens with zero attached hydrogens (tertiary/aromatic N) is 3. The summed E-state index contributed by atoms with van der Waals surface area (Å²) in [5, 5.41) is 0.